The Morgan fingerprint density at radius 3 is 3.10 bits per heavy atom. The van der Waals surface area contributed by atoms with Gasteiger partial charge in [-0.15, -0.1) is 0 Å². The monoisotopic (exact) mass is 306 g/mol. The van der Waals surface area contributed by atoms with E-state index in [1.807, 2.05) is 12.3 Å². The van der Waals surface area contributed by atoms with Crippen molar-refractivity contribution >= 4 is 17.7 Å². The van der Waals surface area contributed by atoms with Crippen LogP contribution in [0.1, 0.15) is 31.5 Å². The lowest BCUT2D eigenvalue weighted by molar-refractivity contribution is 0.408. The van der Waals surface area contributed by atoms with Crippen LogP contribution >= 0.6 is 11.8 Å². The number of thioether (sulfide) groups is 1. The molecule has 5 heteroatoms. The Kier molecular flexibility index (Phi) is 6.36. The van der Waals surface area contributed by atoms with Gasteiger partial charge >= 0.3 is 0 Å². The summed E-state index contributed by atoms with van der Waals surface area (Å²) in [6, 6.07) is 4.07. The third-order valence-corrected chi connectivity index (χ3v) is 5.10. The summed E-state index contributed by atoms with van der Waals surface area (Å²) in [6.07, 6.45) is 3.06. The van der Waals surface area contributed by atoms with Gasteiger partial charge in [-0.3, -0.25) is 4.98 Å². The second-order valence-corrected chi connectivity index (χ2v) is 6.69. The summed E-state index contributed by atoms with van der Waals surface area (Å²) >= 11 is 2.08. The maximum Gasteiger partial charge on any atom is 0.194 e. The van der Waals surface area contributed by atoms with Crippen LogP contribution in [0.5, 0.6) is 0 Å². The first-order valence-electron chi connectivity index (χ1n) is 7.80. The van der Waals surface area contributed by atoms with E-state index in [0.717, 1.165) is 36.5 Å². The van der Waals surface area contributed by atoms with E-state index < -0.39 is 0 Å². The summed E-state index contributed by atoms with van der Waals surface area (Å²) < 4.78 is 0. The molecule has 1 atom stereocenters. The predicted molar refractivity (Wildman–Crippen MR) is 91.9 cm³/mol. The maximum absolute atomic E-state index is 4.80. The minimum absolute atomic E-state index is 0.648. The van der Waals surface area contributed by atoms with Crippen LogP contribution in [0, 0.1) is 6.92 Å². The highest BCUT2D eigenvalue weighted by molar-refractivity contribution is 8.00. The van der Waals surface area contributed by atoms with Gasteiger partial charge in [0.2, 0.25) is 0 Å². The van der Waals surface area contributed by atoms with E-state index >= 15 is 0 Å². The van der Waals surface area contributed by atoms with Gasteiger partial charge in [0.05, 0.1) is 12.2 Å². The van der Waals surface area contributed by atoms with E-state index in [9.17, 15) is 0 Å². The Bertz CT molecular complexity index is 475. The quantitative estimate of drug-likeness (QED) is 0.686. The third-order valence-electron chi connectivity index (χ3n) is 3.72. The van der Waals surface area contributed by atoms with Crippen molar-refractivity contribution in [3.05, 3.63) is 29.6 Å². The Labute approximate surface area is 132 Å². The number of nitrogens with one attached hydrogen (secondary N) is 1. The number of aryl methyl sites for hydroxylation is 1. The highest BCUT2D eigenvalue weighted by Crippen LogP contribution is 2.21. The lowest BCUT2D eigenvalue weighted by Crippen LogP contribution is -2.48. The van der Waals surface area contributed by atoms with Crippen LogP contribution in [-0.4, -0.2) is 46.5 Å². The molecule has 0 saturated carbocycles. The van der Waals surface area contributed by atoms with Crippen LogP contribution in [0.25, 0.3) is 0 Å². The van der Waals surface area contributed by atoms with Gasteiger partial charge < -0.3 is 10.2 Å². The molecule has 116 valence electrons. The number of nitrogens with zero attached hydrogens (tertiary/aromatic N) is 3. The fourth-order valence-electron chi connectivity index (χ4n) is 2.42. The van der Waals surface area contributed by atoms with Gasteiger partial charge in [-0.05, 0) is 31.9 Å². The molecule has 1 aliphatic heterocycles. The highest BCUT2D eigenvalue weighted by atomic mass is 32.2. The molecule has 1 aromatic rings. The molecular weight excluding hydrogens is 280 g/mol. The molecule has 1 N–H and O–H groups in total. The molecule has 2 rings (SSSR count). The minimum atomic E-state index is 0.648. The average molecular weight is 306 g/mol. The molecule has 1 unspecified atom stereocenters. The number of aliphatic imine (C=N–C) groups is 1. The van der Waals surface area contributed by atoms with Gasteiger partial charge in [-0.25, -0.2) is 4.99 Å². The molecule has 21 heavy (non-hydrogen) atoms. The van der Waals surface area contributed by atoms with E-state index in [2.05, 4.69) is 53.8 Å². The van der Waals surface area contributed by atoms with Crippen LogP contribution in [0.2, 0.25) is 0 Å². The normalized spacial score (nSPS) is 19.7. The van der Waals surface area contributed by atoms with Crippen LogP contribution in [0.4, 0.5) is 0 Å². The van der Waals surface area contributed by atoms with E-state index in [0.29, 0.717) is 6.54 Å². The molecule has 4 nitrogen and oxygen atoms in total. The second-order valence-electron chi connectivity index (χ2n) is 5.28. The molecule has 0 aliphatic carbocycles. The number of hydrogen-bond acceptors (Lipinski definition) is 3. The molecule has 2 heterocycles. The summed E-state index contributed by atoms with van der Waals surface area (Å²) in [4.78, 5) is 11.6. The average Bonchev–Trinajstić information content (AvgIpc) is 2.53. The van der Waals surface area contributed by atoms with Crippen molar-refractivity contribution in [1.82, 2.24) is 15.2 Å². The molecule has 0 spiro atoms. The van der Waals surface area contributed by atoms with Gasteiger partial charge in [-0.1, -0.05) is 13.0 Å². The maximum atomic E-state index is 4.80. The lowest BCUT2D eigenvalue weighted by Gasteiger charge is -2.34. The molecular formula is C16H26N4S. The first kappa shape index (κ1) is 16.1. The summed E-state index contributed by atoms with van der Waals surface area (Å²) in [5.74, 6) is 2.22. The lowest BCUT2D eigenvalue weighted by atomic mass is 10.2. The Morgan fingerprint density at radius 2 is 2.38 bits per heavy atom. The van der Waals surface area contributed by atoms with Crippen molar-refractivity contribution < 1.29 is 0 Å². The number of rotatable bonds is 4. The van der Waals surface area contributed by atoms with Crippen molar-refractivity contribution in [3.8, 4) is 0 Å². The van der Waals surface area contributed by atoms with Gasteiger partial charge in [-0.2, -0.15) is 11.8 Å². The van der Waals surface area contributed by atoms with Gasteiger partial charge in [0.1, 0.15) is 0 Å². The van der Waals surface area contributed by atoms with Crippen LogP contribution in [0.15, 0.2) is 23.3 Å². The largest absolute Gasteiger partial charge is 0.357 e. The van der Waals surface area contributed by atoms with Crippen molar-refractivity contribution in [2.75, 3.05) is 25.4 Å². The smallest absolute Gasteiger partial charge is 0.194 e. The molecule has 0 aromatic carbocycles. The SMILES string of the molecule is CCNC(=NCc1ncccc1C)N1CCSC(CC)C1. The Balaban J connectivity index is 2.07. The zero-order valence-corrected chi connectivity index (χ0v) is 14.1. The van der Waals surface area contributed by atoms with Crippen molar-refractivity contribution in [2.45, 2.75) is 39.0 Å². The molecule has 1 fully saturated rings. The zero-order valence-electron chi connectivity index (χ0n) is 13.3. The van der Waals surface area contributed by atoms with Crippen LogP contribution in [-0.2, 0) is 6.54 Å². The molecule has 1 saturated heterocycles. The predicted octanol–water partition coefficient (Wildman–Crippen LogP) is 2.68. The summed E-state index contributed by atoms with van der Waals surface area (Å²) in [7, 11) is 0. The van der Waals surface area contributed by atoms with Crippen LogP contribution < -0.4 is 5.32 Å². The molecule has 1 aliphatic rings. The number of aromatic nitrogens is 1. The first-order valence-corrected chi connectivity index (χ1v) is 8.84. The van der Waals surface area contributed by atoms with E-state index in [-0.39, 0.29) is 0 Å². The Morgan fingerprint density at radius 1 is 1.52 bits per heavy atom. The fraction of sp³-hybridized carbons (Fsp3) is 0.625. The van der Waals surface area contributed by atoms with Crippen LogP contribution in [0.3, 0.4) is 0 Å². The summed E-state index contributed by atoms with van der Waals surface area (Å²) in [6.45, 7) is 10.2. The standard InChI is InChI=1S/C16H26N4S/c1-4-14-12-20(9-10-21-14)16(17-5-2)19-11-15-13(3)7-6-8-18-15/h6-8,14H,4-5,9-12H2,1-3H3,(H,17,19). The number of hydrogen-bond donors (Lipinski definition) is 1. The van der Waals surface area contributed by atoms with Crippen molar-refractivity contribution in [2.24, 2.45) is 4.99 Å². The van der Waals surface area contributed by atoms with E-state index in [1.54, 1.807) is 0 Å². The van der Waals surface area contributed by atoms with Gasteiger partial charge in [0, 0.05) is 36.8 Å². The number of guanidine groups is 1. The Hall–Kier alpha value is -1.23. The third kappa shape index (κ3) is 4.63. The first-order chi connectivity index (χ1) is 10.2. The molecule has 0 amide bonds. The second kappa shape index (κ2) is 8.27. The topological polar surface area (TPSA) is 40.5 Å². The van der Waals surface area contributed by atoms with Crippen molar-refractivity contribution in [1.29, 1.82) is 0 Å². The summed E-state index contributed by atoms with van der Waals surface area (Å²) in [5, 5.41) is 4.15. The zero-order chi connectivity index (χ0) is 15.1. The molecule has 1 aromatic heterocycles. The number of pyridine rings is 1. The van der Waals surface area contributed by atoms with Gasteiger partial charge in [0.25, 0.3) is 0 Å². The summed E-state index contributed by atoms with van der Waals surface area (Å²) in [5.41, 5.74) is 2.27. The van der Waals surface area contributed by atoms with E-state index in [1.165, 1.54) is 17.7 Å². The minimum Gasteiger partial charge on any atom is -0.357 e. The highest BCUT2D eigenvalue weighted by Gasteiger charge is 2.21. The van der Waals surface area contributed by atoms with E-state index in [4.69, 9.17) is 4.99 Å². The molecule has 0 radical (unpaired) electrons. The van der Waals surface area contributed by atoms with Gasteiger partial charge in [0.15, 0.2) is 5.96 Å². The molecule has 0 bridgehead atoms. The fourth-order valence-corrected chi connectivity index (χ4v) is 3.60. The van der Waals surface area contributed by atoms with Crippen molar-refractivity contribution in [3.63, 3.8) is 0 Å².